The summed E-state index contributed by atoms with van der Waals surface area (Å²) >= 11 is 0. The average molecular weight is 375 g/mol. The number of rotatable bonds is 8. The molecule has 0 aliphatic heterocycles. The molecule has 0 unspecified atom stereocenters. The van der Waals surface area contributed by atoms with Gasteiger partial charge in [-0.1, -0.05) is 60.7 Å². The molecule has 0 aromatic heterocycles. The summed E-state index contributed by atoms with van der Waals surface area (Å²) in [6.07, 6.45) is 0. The van der Waals surface area contributed by atoms with E-state index in [4.69, 9.17) is 9.47 Å². The maximum absolute atomic E-state index is 12.4. The highest BCUT2D eigenvalue weighted by atomic mass is 16.5. The van der Waals surface area contributed by atoms with E-state index in [2.05, 4.69) is 11.4 Å². The molecule has 4 heteroatoms. The number of aryl methyl sites for hydroxylation is 1. The summed E-state index contributed by atoms with van der Waals surface area (Å²) in [6.45, 7) is 3.52. The van der Waals surface area contributed by atoms with Crippen LogP contribution in [0.2, 0.25) is 0 Å². The van der Waals surface area contributed by atoms with Gasteiger partial charge in [0.15, 0.2) is 0 Å². The Bertz CT molecular complexity index is 922. The molecule has 0 fully saturated rings. The quantitative estimate of drug-likeness (QED) is 0.623. The van der Waals surface area contributed by atoms with Crippen LogP contribution in [0.25, 0.3) is 0 Å². The standard InChI is InChI=1S/C24H25NO3/c1-18-11-12-22(14-23(18)27-2)24(26)25-15-20-9-6-10-21(13-20)17-28-16-19-7-4-3-5-8-19/h3-14H,15-17H2,1-2H3,(H,25,26). The molecule has 0 radical (unpaired) electrons. The number of benzene rings is 3. The Morgan fingerprint density at radius 2 is 1.57 bits per heavy atom. The van der Waals surface area contributed by atoms with Gasteiger partial charge in [0, 0.05) is 12.1 Å². The van der Waals surface area contributed by atoms with Crippen LogP contribution in [-0.4, -0.2) is 13.0 Å². The molecule has 3 aromatic carbocycles. The zero-order valence-electron chi connectivity index (χ0n) is 16.3. The molecule has 0 saturated heterocycles. The molecule has 0 heterocycles. The third kappa shape index (κ3) is 5.44. The lowest BCUT2D eigenvalue weighted by molar-refractivity contribution is 0.0950. The van der Waals surface area contributed by atoms with Crippen LogP contribution in [0.3, 0.4) is 0 Å². The SMILES string of the molecule is COc1cc(C(=O)NCc2cccc(COCc3ccccc3)c2)ccc1C. The number of hydrogen-bond acceptors (Lipinski definition) is 3. The maximum Gasteiger partial charge on any atom is 0.251 e. The summed E-state index contributed by atoms with van der Waals surface area (Å²) in [4.78, 5) is 12.4. The number of methoxy groups -OCH3 is 1. The van der Waals surface area contributed by atoms with Crippen LogP contribution >= 0.6 is 0 Å². The van der Waals surface area contributed by atoms with Crippen molar-refractivity contribution in [2.45, 2.75) is 26.7 Å². The van der Waals surface area contributed by atoms with Gasteiger partial charge in [0.1, 0.15) is 5.75 Å². The Labute approximate surface area is 166 Å². The molecule has 28 heavy (non-hydrogen) atoms. The number of ether oxygens (including phenoxy) is 2. The molecule has 0 aliphatic rings. The molecular formula is C24H25NO3. The summed E-state index contributed by atoms with van der Waals surface area (Å²) < 4.78 is 11.1. The Morgan fingerprint density at radius 1 is 0.857 bits per heavy atom. The van der Waals surface area contributed by atoms with Gasteiger partial charge in [-0.15, -0.1) is 0 Å². The largest absolute Gasteiger partial charge is 0.496 e. The molecule has 0 atom stereocenters. The van der Waals surface area contributed by atoms with Crippen LogP contribution in [0.15, 0.2) is 72.8 Å². The average Bonchev–Trinajstić information content (AvgIpc) is 2.73. The molecule has 0 aliphatic carbocycles. The van der Waals surface area contributed by atoms with Crippen molar-refractivity contribution < 1.29 is 14.3 Å². The van der Waals surface area contributed by atoms with Gasteiger partial charge in [-0.05, 0) is 41.3 Å². The smallest absolute Gasteiger partial charge is 0.251 e. The van der Waals surface area contributed by atoms with Crippen LogP contribution in [-0.2, 0) is 24.5 Å². The number of carbonyl (C=O) groups excluding carboxylic acids is 1. The minimum Gasteiger partial charge on any atom is -0.496 e. The van der Waals surface area contributed by atoms with E-state index in [1.54, 1.807) is 19.2 Å². The molecule has 144 valence electrons. The van der Waals surface area contributed by atoms with Crippen molar-refractivity contribution in [3.05, 3.63) is 101 Å². The van der Waals surface area contributed by atoms with Gasteiger partial charge >= 0.3 is 0 Å². The van der Waals surface area contributed by atoms with Gasteiger partial charge in [-0.25, -0.2) is 0 Å². The highest BCUT2D eigenvalue weighted by Crippen LogP contribution is 2.19. The van der Waals surface area contributed by atoms with Crippen molar-refractivity contribution in [1.29, 1.82) is 0 Å². The van der Waals surface area contributed by atoms with E-state index in [0.717, 1.165) is 22.3 Å². The third-order valence-electron chi connectivity index (χ3n) is 4.49. The molecule has 1 N–H and O–H groups in total. The Morgan fingerprint density at radius 3 is 2.36 bits per heavy atom. The molecule has 0 bridgehead atoms. The van der Waals surface area contributed by atoms with E-state index in [0.29, 0.717) is 31.1 Å². The van der Waals surface area contributed by atoms with Gasteiger partial charge in [0.2, 0.25) is 0 Å². The number of carbonyl (C=O) groups is 1. The van der Waals surface area contributed by atoms with E-state index < -0.39 is 0 Å². The summed E-state index contributed by atoms with van der Waals surface area (Å²) in [5.41, 5.74) is 4.86. The van der Waals surface area contributed by atoms with Crippen molar-refractivity contribution in [2.75, 3.05) is 7.11 Å². The van der Waals surface area contributed by atoms with Crippen molar-refractivity contribution >= 4 is 5.91 Å². The van der Waals surface area contributed by atoms with Crippen molar-refractivity contribution in [1.82, 2.24) is 5.32 Å². The lowest BCUT2D eigenvalue weighted by atomic mass is 10.1. The molecule has 0 spiro atoms. The van der Waals surface area contributed by atoms with Crippen LogP contribution < -0.4 is 10.1 Å². The monoisotopic (exact) mass is 375 g/mol. The maximum atomic E-state index is 12.4. The highest BCUT2D eigenvalue weighted by molar-refractivity contribution is 5.94. The third-order valence-corrected chi connectivity index (χ3v) is 4.49. The first-order valence-corrected chi connectivity index (χ1v) is 9.28. The van der Waals surface area contributed by atoms with Crippen LogP contribution in [0.5, 0.6) is 5.75 Å². The van der Waals surface area contributed by atoms with Crippen LogP contribution in [0, 0.1) is 6.92 Å². The zero-order valence-corrected chi connectivity index (χ0v) is 16.3. The fourth-order valence-corrected chi connectivity index (χ4v) is 2.94. The van der Waals surface area contributed by atoms with Gasteiger partial charge in [0.05, 0.1) is 20.3 Å². The van der Waals surface area contributed by atoms with Crippen molar-refractivity contribution in [3.8, 4) is 5.75 Å². The molecule has 3 aromatic rings. The van der Waals surface area contributed by atoms with E-state index in [-0.39, 0.29) is 5.91 Å². The minimum atomic E-state index is -0.121. The molecular weight excluding hydrogens is 350 g/mol. The lowest BCUT2D eigenvalue weighted by Gasteiger charge is -2.10. The van der Waals surface area contributed by atoms with E-state index in [1.807, 2.05) is 61.5 Å². The molecule has 1 amide bonds. The second-order valence-electron chi connectivity index (χ2n) is 6.67. The number of amides is 1. The van der Waals surface area contributed by atoms with Crippen LogP contribution in [0.1, 0.15) is 32.6 Å². The van der Waals surface area contributed by atoms with Gasteiger partial charge in [-0.2, -0.15) is 0 Å². The fourth-order valence-electron chi connectivity index (χ4n) is 2.94. The molecule has 3 rings (SSSR count). The second-order valence-corrected chi connectivity index (χ2v) is 6.67. The number of hydrogen-bond donors (Lipinski definition) is 1. The Balaban J connectivity index is 1.53. The first kappa shape index (κ1) is 19.6. The zero-order chi connectivity index (χ0) is 19.8. The van der Waals surface area contributed by atoms with E-state index >= 15 is 0 Å². The molecule has 0 saturated carbocycles. The summed E-state index contributed by atoms with van der Waals surface area (Å²) in [5, 5.41) is 2.96. The lowest BCUT2D eigenvalue weighted by Crippen LogP contribution is -2.22. The Kier molecular flexibility index (Phi) is 6.82. The topological polar surface area (TPSA) is 47.6 Å². The van der Waals surface area contributed by atoms with E-state index in [1.165, 1.54) is 0 Å². The minimum absolute atomic E-state index is 0.121. The van der Waals surface area contributed by atoms with E-state index in [9.17, 15) is 4.79 Å². The van der Waals surface area contributed by atoms with Gasteiger partial charge < -0.3 is 14.8 Å². The number of nitrogens with one attached hydrogen (secondary N) is 1. The van der Waals surface area contributed by atoms with Gasteiger partial charge in [0.25, 0.3) is 5.91 Å². The predicted molar refractivity (Wildman–Crippen MR) is 110 cm³/mol. The normalized spacial score (nSPS) is 10.5. The van der Waals surface area contributed by atoms with Gasteiger partial charge in [-0.3, -0.25) is 4.79 Å². The predicted octanol–water partition coefficient (Wildman–Crippen LogP) is 4.65. The summed E-state index contributed by atoms with van der Waals surface area (Å²) in [7, 11) is 1.61. The van der Waals surface area contributed by atoms with Crippen molar-refractivity contribution in [3.63, 3.8) is 0 Å². The first-order valence-electron chi connectivity index (χ1n) is 9.28. The summed E-state index contributed by atoms with van der Waals surface area (Å²) in [5.74, 6) is 0.592. The van der Waals surface area contributed by atoms with Crippen molar-refractivity contribution in [2.24, 2.45) is 0 Å². The Hall–Kier alpha value is -3.11. The first-order chi connectivity index (χ1) is 13.7. The second kappa shape index (κ2) is 9.72. The van der Waals surface area contributed by atoms with Crippen LogP contribution in [0.4, 0.5) is 0 Å². The molecule has 4 nitrogen and oxygen atoms in total. The summed E-state index contributed by atoms with van der Waals surface area (Å²) in [6, 6.07) is 23.6. The fraction of sp³-hybridized carbons (Fsp3) is 0.208. The highest BCUT2D eigenvalue weighted by Gasteiger charge is 2.08.